The van der Waals surface area contributed by atoms with Crippen molar-refractivity contribution >= 4 is 55.6 Å². The van der Waals surface area contributed by atoms with Crippen molar-refractivity contribution < 1.29 is 4.39 Å². The molecular formula is C16H12Br2FN3S. The Balaban J connectivity index is 0.00000192. The lowest BCUT2D eigenvalue weighted by Gasteiger charge is -1.97. The topological polar surface area (TPSA) is 37.3 Å². The second-order valence-electron chi connectivity index (χ2n) is 4.47. The summed E-state index contributed by atoms with van der Waals surface area (Å²) in [6, 6.07) is 14.1. The first-order valence-corrected chi connectivity index (χ1v) is 8.14. The normalized spacial score (nSPS) is 10.5. The molecule has 7 heteroatoms. The third-order valence-corrected chi connectivity index (χ3v) is 4.16. The number of hydrazone groups is 1. The van der Waals surface area contributed by atoms with Gasteiger partial charge in [-0.2, -0.15) is 5.10 Å². The summed E-state index contributed by atoms with van der Waals surface area (Å²) in [6.45, 7) is 0. The molecule has 0 bridgehead atoms. The second kappa shape index (κ2) is 8.33. The van der Waals surface area contributed by atoms with Crippen molar-refractivity contribution in [3.8, 4) is 11.3 Å². The number of nitrogens with zero attached hydrogens (tertiary/aromatic N) is 2. The summed E-state index contributed by atoms with van der Waals surface area (Å²) in [5, 5.41) is 6.78. The monoisotopic (exact) mass is 455 g/mol. The molecule has 0 aliphatic carbocycles. The molecule has 0 amide bonds. The van der Waals surface area contributed by atoms with E-state index in [4.69, 9.17) is 0 Å². The van der Waals surface area contributed by atoms with Crippen LogP contribution >= 0.6 is 44.2 Å². The molecule has 23 heavy (non-hydrogen) atoms. The molecule has 0 unspecified atom stereocenters. The lowest BCUT2D eigenvalue weighted by Crippen LogP contribution is -1.90. The highest BCUT2D eigenvalue weighted by Crippen LogP contribution is 2.25. The van der Waals surface area contributed by atoms with Crippen LogP contribution in [-0.2, 0) is 0 Å². The lowest BCUT2D eigenvalue weighted by atomic mass is 10.2. The van der Waals surface area contributed by atoms with Gasteiger partial charge >= 0.3 is 0 Å². The summed E-state index contributed by atoms with van der Waals surface area (Å²) in [5.41, 5.74) is 5.65. The molecule has 0 aliphatic heterocycles. The molecule has 118 valence electrons. The predicted octanol–water partition coefficient (Wildman–Crippen LogP) is 5.74. The lowest BCUT2D eigenvalue weighted by molar-refractivity contribution is 0.628. The maximum atomic E-state index is 12.8. The Hall–Kier alpha value is -1.57. The van der Waals surface area contributed by atoms with Crippen LogP contribution < -0.4 is 5.43 Å². The molecule has 0 aliphatic rings. The molecule has 3 rings (SSSR count). The van der Waals surface area contributed by atoms with Gasteiger partial charge in [-0.15, -0.1) is 28.3 Å². The molecule has 1 aromatic heterocycles. The van der Waals surface area contributed by atoms with E-state index >= 15 is 0 Å². The van der Waals surface area contributed by atoms with E-state index < -0.39 is 0 Å². The summed E-state index contributed by atoms with van der Waals surface area (Å²) in [6.07, 6.45) is 1.63. The smallest absolute Gasteiger partial charge is 0.203 e. The fraction of sp³-hybridized carbons (Fsp3) is 0. The van der Waals surface area contributed by atoms with E-state index in [-0.39, 0.29) is 22.8 Å². The number of aromatic nitrogens is 1. The van der Waals surface area contributed by atoms with Gasteiger partial charge in [0.05, 0.1) is 11.9 Å². The highest BCUT2D eigenvalue weighted by atomic mass is 79.9. The van der Waals surface area contributed by atoms with E-state index in [1.165, 1.54) is 23.5 Å². The van der Waals surface area contributed by atoms with Crippen LogP contribution in [-0.4, -0.2) is 11.2 Å². The zero-order chi connectivity index (χ0) is 15.4. The van der Waals surface area contributed by atoms with Crippen molar-refractivity contribution in [3.05, 3.63) is 69.8 Å². The van der Waals surface area contributed by atoms with Crippen LogP contribution in [0.15, 0.2) is 63.5 Å². The Bertz CT molecular complexity index is 786. The standard InChI is InChI=1S/C16H11BrFN3S.BrH/c17-13-5-3-12(4-6-13)15-10-22-16(20-15)21-19-9-11-1-7-14(18)8-2-11;/h1-10H,(H,20,21);1H/b19-9+;. The Morgan fingerprint density at radius 1 is 1.09 bits per heavy atom. The van der Waals surface area contributed by atoms with Crippen molar-refractivity contribution in [2.75, 3.05) is 5.43 Å². The number of anilines is 1. The van der Waals surface area contributed by atoms with Crippen LogP contribution in [0.1, 0.15) is 5.56 Å². The summed E-state index contributed by atoms with van der Waals surface area (Å²) in [7, 11) is 0. The molecule has 1 heterocycles. The quantitative estimate of drug-likeness (QED) is 0.401. The molecular weight excluding hydrogens is 445 g/mol. The van der Waals surface area contributed by atoms with Crippen LogP contribution in [0.2, 0.25) is 0 Å². The first-order valence-electron chi connectivity index (χ1n) is 6.47. The van der Waals surface area contributed by atoms with Crippen LogP contribution in [0.25, 0.3) is 11.3 Å². The minimum atomic E-state index is -0.260. The van der Waals surface area contributed by atoms with Crippen LogP contribution in [0.5, 0.6) is 0 Å². The van der Waals surface area contributed by atoms with Crippen LogP contribution in [0, 0.1) is 5.82 Å². The maximum Gasteiger partial charge on any atom is 0.203 e. The Morgan fingerprint density at radius 2 is 1.78 bits per heavy atom. The molecule has 3 nitrogen and oxygen atoms in total. The summed E-state index contributed by atoms with van der Waals surface area (Å²) in [5.74, 6) is -0.260. The minimum absolute atomic E-state index is 0. The zero-order valence-electron chi connectivity index (χ0n) is 11.7. The van der Waals surface area contributed by atoms with Crippen molar-refractivity contribution in [2.45, 2.75) is 0 Å². The second-order valence-corrected chi connectivity index (χ2v) is 6.24. The van der Waals surface area contributed by atoms with Gasteiger partial charge in [-0.1, -0.05) is 40.2 Å². The van der Waals surface area contributed by atoms with E-state index in [0.29, 0.717) is 5.13 Å². The van der Waals surface area contributed by atoms with Gasteiger partial charge in [0.2, 0.25) is 5.13 Å². The molecule has 0 atom stereocenters. The molecule has 0 saturated heterocycles. The van der Waals surface area contributed by atoms with E-state index in [2.05, 4.69) is 31.4 Å². The minimum Gasteiger partial charge on any atom is -0.253 e. The molecule has 0 fully saturated rings. The van der Waals surface area contributed by atoms with E-state index in [1.54, 1.807) is 18.3 Å². The number of benzene rings is 2. The first-order chi connectivity index (χ1) is 10.7. The molecule has 2 aromatic carbocycles. The average molecular weight is 457 g/mol. The molecule has 0 saturated carbocycles. The van der Waals surface area contributed by atoms with E-state index in [0.717, 1.165) is 21.3 Å². The maximum absolute atomic E-state index is 12.8. The number of hydrogen-bond donors (Lipinski definition) is 1. The third kappa shape index (κ3) is 4.95. The fourth-order valence-electron chi connectivity index (χ4n) is 1.79. The molecule has 1 N–H and O–H groups in total. The molecule has 0 spiro atoms. The van der Waals surface area contributed by atoms with Gasteiger partial charge in [0.1, 0.15) is 5.82 Å². The highest BCUT2D eigenvalue weighted by Gasteiger charge is 2.03. The zero-order valence-corrected chi connectivity index (χ0v) is 15.9. The van der Waals surface area contributed by atoms with E-state index in [9.17, 15) is 4.39 Å². The summed E-state index contributed by atoms with van der Waals surface area (Å²) in [4.78, 5) is 4.47. The Morgan fingerprint density at radius 3 is 2.48 bits per heavy atom. The van der Waals surface area contributed by atoms with Crippen molar-refractivity contribution in [1.82, 2.24) is 4.98 Å². The first kappa shape index (κ1) is 17.8. The number of hydrogen-bond acceptors (Lipinski definition) is 4. The Labute approximate surface area is 156 Å². The van der Waals surface area contributed by atoms with Crippen LogP contribution in [0.3, 0.4) is 0 Å². The van der Waals surface area contributed by atoms with Gasteiger partial charge in [-0.3, -0.25) is 5.43 Å². The molecule has 0 radical (unpaired) electrons. The van der Waals surface area contributed by atoms with Gasteiger partial charge < -0.3 is 0 Å². The largest absolute Gasteiger partial charge is 0.253 e. The van der Waals surface area contributed by atoms with Gasteiger partial charge in [0.15, 0.2) is 0 Å². The van der Waals surface area contributed by atoms with Crippen molar-refractivity contribution in [2.24, 2.45) is 5.10 Å². The Kier molecular flexibility index (Phi) is 6.44. The predicted molar refractivity (Wildman–Crippen MR) is 103 cm³/mol. The molecule has 3 aromatic rings. The van der Waals surface area contributed by atoms with Crippen LogP contribution in [0.4, 0.5) is 9.52 Å². The highest BCUT2D eigenvalue weighted by molar-refractivity contribution is 9.10. The average Bonchev–Trinajstić information content (AvgIpc) is 2.99. The van der Waals surface area contributed by atoms with Crippen molar-refractivity contribution in [3.63, 3.8) is 0 Å². The number of nitrogens with one attached hydrogen (secondary N) is 1. The summed E-state index contributed by atoms with van der Waals surface area (Å²) >= 11 is 4.89. The third-order valence-electron chi connectivity index (χ3n) is 2.89. The van der Waals surface area contributed by atoms with E-state index in [1.807, 2.05) is 29.6 Å². The summed E-state index contributed by atoms with van der Waals surface area (Å²) < 4.78 is 13.8. The fourth-order valence-corrected chi connectivity index (χ4v) is 2.72. The van der Waals surface area contributed by atoms with Gasteiger partial charge in [-0.25, -0.2) is 9.37 Å². The number of rotatable bonds is 4. The van der Waals surface area contributed by atoms with Gasteiger partial charge in [-0.05, 0) is 29.8 Å². The van der Waals surface area contributed by atoms with Gasteiger partial charge in [0.25, 0.3) is 0 Å². The van der Waals surface area contributed by atoms with Gasteiger partial charge in [0, 0.05) is 15.4 Å². The van der Waals surface area contributed by atoms with Crippen molar-refractivity contribution in [1.29, 1.82) is 0 Å². The SMILES string of the molecule is Br.Fc1ccc(/C=N/Nc2nc(-c3ccc(Br)cc3)cs2)cc1. The number of halogens is 3. The number of thiazole rings is 1.